The van der Waals surface area contributed by atoms with E-state index >= 15 is 0 Å². The van der Waals surface area contributed by atoms with Gasteiger partial charge < -0.3 is 25.4 Å². The van der Waals surface area contributed by atoms with Crippen molar-refractivity contribution >= 4 is 12.2 Å². The van der Waals surface area contributed by atoms with E-state index in [0.29, 0.717) is 12.1 Å². The van der Waals surface area contributed by atoms with E-state index in [1.165, 1.54) is 10.8 Å². The van der Waals surface area contributed by atoms with Crippen LogP contribution >= 0.6 is 12.2 Å². The van der Waals surface area contributed by atoms with E-state index in [9.17, 15) is 15.0 Å². The lowest BCUT2D eigenvalue weighted by Gasteiger charge is -2.19. The Hall–Kier alpha value is -1.10. The van der Waals surface area contributed by atoms with Crippen LogP contribution in [0, 0.1) is 4.77 Å². The minimum absolute atomic E-state index is 0.0738. The van der Waals surface area contributed by atoms with E-state index < -0.39 is 31.1 Å². The van der Waals surface area contributed by atoms with Gasteiger partial charge in [-0.2, -0.15) is 0 Å². The van der Waals surface area contributed by atoms with E-state index in [2.05, 4.69) is 10.3 Å². The van der Waals surface area contributed by atoms with Crippen LogP contribution in [0.15, 0.2) is 11.0 Å². The summed E-state index contributed by atoms with van der Waals surface area (Å²) in [4.78, 5) is 14.2. The monoisotopic (exact) mass is 303 g/mol. The van der Waals surface area contributed by atoms with Crippen LogP contribution in [0.4, 0.5) is 0 Å². The first-order valence-electron chi connectivity index (χ1n) is 6.11. The predicted molar refractivity (Wildman–Crippen MR) is 71.7 cm³/mol. The number of hydrogen-bond donors (Lipinski definition) is 5. The molecule has 2 rings (SSSR count). The third-order valence-corrected chi connectivity index (χ3v) is 3.51. The lowest BCUT2D eigenvalue weighted by atomic mass is 10.1. The van der Waals surface area contributed by atoms with Crippen LogP contribution in [0.3, 0.4) is 0 Å². The number of aromatic amines is 1. The molecule has 2 heterocycles. The molecule has 1 fully saturated rings. The van der Waals surface area contributed by atoms with Crippen LogP contribution in [0.5, 0.6) is 0 Å². The SMILES string of the molecule is CNCc1cn([C@H]2O[C@H](CO)[C@@H](O)[C@H]2O)c(=S)[nH]c1=O. The highest BCUT2D eigenvalue weighted by Gasteiger charge is 2.43. The van der Waals surface area contributed by atoms with Gasteiger partial charge in [0.25, 0.3) is 5.56 Å². The van der Waals surface area contributed by atoms with E-state index in [0.717, 1.165) is 0 Å². The summed E-state index contributed by atoms with van der Waals surface area (Å²) in [6, 6.07) is 0. The van der Waals surface area contributed by atoms with Gasteiger partial charge in [0.15, 0.2) is 11.0 Å². The topological polar surface area (TPSA) is 120 Å². The second kappa shape index (κ2) is 6.12. The molecule has 0 aliphatic carbocycles. The minimum Gasteiger partial charge on any atom is -0.394 e. The summed E-state index contributed by atoms with van der Waals surface area (Å²) in [5.74, 6) is 0. The quantitative estimate of drug-likeness (QED) is 0.418. The third-order valence-electron chi connectivity index (χ3n) is 3.20. The molecule has 1 aromatic rings. The number of hydrogen-bond acceptors (Lipinski definition) is 7. The molecule has 1 saturated heterocycles. The van der Waals surface area contributed by atoms with E-state index in [-0.39, 0.29) is 10.3 Å². The Morgan fingerprint density at radius 2 is 2.20 bits per heavy atom. The first kappa shape index (κ1) is 15.3. The normalized spacial score (nSPS) is 29.8. The second-order valence-electron chi connectivity index (χ2n) is 4.58. The van der Waals surface area contributed by atoms with Crippen LogP contribution in [-0.2, 0) is 11.3 Å². The van der Waals surface area contributed by atoms with Gasteiger partial charge in [-0.15, -0.1) is 0 Å². The van der Waals surface area contributed by atoms with Gasteiger partial charge in [-0.05, 0) is 19.3 Å². The van der Waals surface area contributed by atoms with Crippen LogP contribution < -0.4 is 10.9 Å². The Morgan fingerprint density at radius 3 is 2.75 bits per heavy atom. The maximum atomic E-state index is 11.7. The first-order chi connectivity index (χ1) is 9.49. The molecule has 0 radical (unpaired) electrons. The zero-order valence-electron chi connectivity index (χ0n) is 10.8. The number of aliphatic hydroxyl groups is 3. The highest BCUT2D eigenvalue weighted by molar-refractivity contribution is 7.71. The maximum absolute atomic E-state index is 11.7. The third kappa shape index (κ3) is 2.68. The van der Waals surface area contributed by atoms with Crippen molar-refractivity contribution in [2.45, 2.75) is 31.1 Å². The largest absolute Gasteiger partial charge is 0.394 e. The van der Waals surface area contributed by atoms with Crippen molar-refractivity contribution in [2.24, 2.45) is 0 Å². The molecule has 0 aromatic carbocycles. The zero-order chi connectivity index (χ0) is 14.9. The number of H-pyrrole nitrogens is 1. The summed E-state index contributed by atoms with van der Waals surface area (Å²) in [6.45, 7) is -0.103. The number of nitrogens with zero attached hydrogens (tertiary/aromatic N) is 1. The molecule has 4 atom stereocenters. The van der Waals surface area contributed by atoms with Gasteiger partial charge in [0.1, 0.15) is 18.3 Å². The lowest BCUT2D eigenvalue weighted by molar-refractivity contribution is -0.0542. The summed E-state index contributed by atoms with van der Waals surface area (Å²) in [5, 5.41) is 31.6. The molecule has 8 nitrogen and oxygen atoms in total. The minimum atomic E-state index is -1.24. The highest BCUT2D eigenvalue weighted by Crippen LogP contribution is 2.29. The van der Waals surface area contributed by atoms with Crippen molar-refractivity contribution in [1.29, 1.82) is 0 Å². The Kier molecular flexibility index (Phi) is 4.68. The van der Waals surface area contributed by atoms with Crippen molar-refractivity contribution in [2.75, 3.05) is 13.7 Å². The smallest absolute Gasteiger partial charge is 0.256 e. The summed E-state index contributed by atoms with van der Waals surface area (Å²) >= 11 is 5.04. The van der Waals surface area contributed by atoms with Gasteiger partial charge in [-0.25, -0.2) is 0 Å². The van der Waals surface area contributed by atoms with Crippen LogP contribution in [0.1, 0.15) is 11.8 Å². The van der Waals surface area contributed by atoms with Gasteiger partial charge >= 0.3 is 0 Å². The van der Waals surface area contributed by atoms with Crippen molar-refractivity contribution in [1.82, 2.24) is 14.9 Å². The fourth-order valence-electron chi connectivity index (χ4n) is 2.14. The number of rotatable bonds is 4. The molecular formula is C11H17N3O5S. The molecule has 1 aliphatic heterocycles. The standard InChI is InChI=1S/C11H17N3O5S/c1-12-2-5-3-14(11(20)13-9(5)18)10-8(17)7(16)6(4-15)19-10/h3,6-8,10,12,15-17H,2,4H2,1H3,(H,13,18,20)/t6-,7-,8-,10+/m1/s1. The fraction of sp³-hybridized carbons (Fsp3) is 0.636. The molecular weight excluding hydrogens is 286 g/mol. The van der Waals surface area contributed by atoms with E-state index in [1.54, 1.807) is 7.05 Å². The average Bonchev–Trinajstić information content (AvgIpc) is 2.70. The molecule has 5 N–H and O–H groups in total. The predicted octanol–water partition coefficient (Wildman–Crippen LogP) is -1.76. The van der Waals surface area contributed by atoms with Gasteiger partial charge in [-0.3, -0.25) is 14.3 Å². The van der Waals surface area contributed by atoms with Crippen molar-refractivity contribution in [3.8, 4) is 0 Å². The number of ether oxygens (including phenoxy) is 1. The molecule has 0 amide bonds. The van der Waals surface area contributed by atoms with E-state index in [4.69, 9.17) is 22.1 Å². The molecule has 20 heavy (non-hydrogen) atoms. The van der Waals surface area contributed by atoms with Gasteiger partial charge in [-0.1, -0.05) is 0 Å². The Morgan fingerprint density at radius 1 is 1.50 bits per heavy atom. The summed E-state index contributed by atoms with van der Waals surface area (Å²) in [6.07, 6.45) is -2.84. The first-order valence-corrected chi connectivity index (χ1v) is 6.51. The van der Waals surface area contributed by atoms with Crippen LogP contribution in [0.25, 0.3) is 0 Å². The second-order valence-corrected chi connectivity index (χ2v) is 4.97. The van der Waals surface area contributed by atoms with Gasteiger partial charge in [0.2, 0.25) is 0 Å². The average molecular weight is 303 g/mol. The molecule has 9 heteroatoms. The number of nitrogens with one attached hydrogen (secondary N) is 2. The Bertz CT molecular complexity index is 586. The fourth-order valence-corrected chi connectivity index (χ4v) is 2.39. The summed E-state index contributed by atoms with van der Waals surface area (Å²) < 4.78 is 6.82. The molecule has 0 saturated carbocycles. The summed E-state index contributed by atoms with van der Waals surface area (Å²) in [7, 11) is 1.69. The molecule has 1 aromatic heterocycles. The van der Waals surface area contributed by atoms with Crippen LogP contribution in [0.2, 0.25) is 0 Å². The number of aliphatic hydroxyl groups excluding tert-OH is 3. The van der Waals surface area contributed by atoms with Gasteiger partial charge in [0, 0.05) is 18.3 Å². The van der Waals surface area contributed by atoms with Gasteiger partial charge in [0.05, 0.1) is 6.61 Å². The zero-order valence-corrected chi connectivity index (χ0v) is 11.6. The van der Waals surface area contributed by atoms with Crippen molar-refractivity contribution in [3.63, 3.8) is 0 Å². The van der Waals surface area contributed by atoms with Crippen LogP contribution in [-0.4, -0.2) is 56.8 Å². The maximum Gasteiger partial charge on any atom is 0.256 e. The molecule has 0 unspecified atom stereocenters. The van der Waals surface area contributed by atoms with E-state index in [1.807, 2.05) is 0 Å². The Balaban J connectivity index is 2.40. The lowest BCUT2D eigenvalue weighted by Crippen LogP contribution is -2.33. The highest BCUT2D eigenvalue weighted by atomic mass is 32.1. The summed E-state index contributed by atoms with van der Waals surface area (Å²) in [5.41, 5.74) is 0.0891. The van der Waals surface area contributed by atoms with Crippen molar-refractivity contribution < 1.29 is 20.1 Å². The van der Waals surface area contributed by atoms with Crippen molar-refractivity contribution in [3.05, 3.63) is 26.9 Å². The molecule has 0 bridgehead atoms. The Labute approximate surface area is 119 Å². The number of aromatic nitrogens is 2. The molecule has 1 aliphatic rings. The molecule has 0 spiro atoms. The molecule has 112 valence electrons.